The number of aromatic nitrogens is 2. The Morgan fingerprint density at radius 1 is 1.08 bits per heavy atom. The summed E-state index contributed by atoms with van der Waals surface area (Å²) < 4.78 is 1.98. The summed E-state index contributed by atoms with van der Waals surface area (Å²) in [5.41, 5.74) is 0.997. The molecule has 0 radical (unpaired) electrons. The molecular formula is C18H24N4O3. The summed E-state index contributed by atoms with van der Waals surface area (Å²) in [5.74, 6) is -0.380. The highest BCUT2D eigenvalue weighted by molar-refractivity contribution is 6.01. The van der Waals surface area contributed by atoms with Crippen LogP contribution in [-0.2, 0) is 14.1 Å². The Bertz CT molecular complexity index is 904. The summed E-state index contributed by atoms with van der Waals surface area (Å²) in [6.07, 6.45) is 0. The van der Waals surface area contributed by atoms with Crippen molar-refractivity contribution in [2.75, 3.05) is 18.0 Å². The molecule has 0 aliphatic carbocycles. The van der Waals surface area contributed by atoms with Crippen molar-refractivity contribution in [1.29, 1.82) is 0 Å². The van der Waals surface area contributed by atoms with E-state index in [1.54, 1.807) is 6.92 Å². The second kappa shape index (κ2) is 7.38. The Hall–Kier alpha value is -2.83. The quantitative estimate of drug-likeness (QED) is 0.839. The molecule has 0 spiro atoms. The van der Waals surface area contributed by atoms with Crippen molar-refractivity contribution in [1.82, 2.24) is 9.13 Å². The number of hydrogen-bond donors (Lipinski definition) is 1. The second-order valence-electron chi connectivity index (χ2n) is 5.79. The van der Waals surface area contributed by atoms with E-state index in [4.69, 9.17) is 0 Å². The number of rotatable bonds is 5. The van der Waals surface area contributed by atoms with Gasteiger partial charge >= 0.3 is 5.69 Å². The molecule has 1 aromatic heterocycles. The van der Waals surface area contributed by atoms with Gasteiger partial charge in [0.25, 0.3) is 5.56 Å². The lowest BCUT2D eigenvalue weighted by Crippen LogP contribution is -2.39. The van der Waals surface area contributed by atoms with Crippen LogP contribution in [0.1, 0.15) is 26.3 Å². The zero-order valence-electron chi connectivity index (χ0n) is 15.3. The summed E-state index contributed by atoms with van der Waals surface area (Å²) in [7, 11) is 2.78. The van der Waals surface area contributed by atoms with Gasteiger partial charge in [0.2, 0.25) is 5.88 Å². The summed E-state index contributed by atoms with van der Waals surface area (Å²) >= 11 is 0. The monoisotopic (exact) mass is 344 g/mol. The predicted molar refractivity (Wildman–Crippen MR) is 100 cm³/mol. The van der Waals surface area contributed by atoms with Crippen molar-refractivity contribution in [3.8, 4) is 5.88 Å². The summed E-state index contributed by atoms with van der Waals surface area (Å²) in [6.45, 7) is 7.66. The molecule has 0 aliphatic rings. The fourth-order valence-electron chi connectivity index (χ4n) is 2.73. The third kappa shape index (κ3) is 3.50. The van der Waals surface area contributed by atoms with Crippen LogP contribution in [0.25, 0.3) is 0 Å². The molecule has 0 saturated carbocycles. The molecule has 0 amide bonds. The highest BCUT2D eigenvalue weighted by atomic mass is 16.3. The number of benzene rings is 1. The van der Waals surface area contributed by atoms with Crippen molar-refractivity contribution < 1.29 is 5.11 Å². The summed E-state index contributed by atoms with van der Waals surface area (Å²) in [6, 6.07) is 7.66. The lowest BCUT2D eigenvalue weighted by molar-refractivity contribution is 0.410. The number of aliphatic imine (C=N–C) groups is 1. The van der Waals surface area contributed by atoms with Gasteiger partial charge in [-0.25, -0.2) is 4.79 Å². The van der Waals surface area contributed by atoms with E-state index < -0.39 is 11.2 Å². The van der Waals surface area contributed by atoms with Gasteiger partial charge in [0, 0.05) is 32.9 Å². The van der Waals surface area contributed by atoms with Gasteiger partial charge in [0.1, 0.15) is 5.56 Å². The van der Waals surface area contributed by atoms with Crippen molar-refractivity contribution >= 4 is 17.1 Å². The molecule has 0 unspecified atom stereocenters. The zero-order valence-corrected chi connectivity index (χ0v) is 15.3. The van der Waals surface area contributed by atoms with Crippen LogP contribution in [0.5, 0.6) is 5.88 Å². The Balaban J connectivity index is 2.47. The van der Waals surface area contributed by atoms with Gasteiger partial charge in [-0.1, -0.05) is 0 Å². The molecule has 2 aromatic rings. The van der Waals surface area contributed by atoms with Crippen LogP contribution >= 0.6 is 0 Å². The van der Waals surface area contributed by atoms with Crippen molar-refractivity contribution in [3.63, 3.8) is 0 Å². The minimum Gasteiger partial charge on any atom is -0.494 e. The number of hydrogen-bond acceptors (Lipinski definition) is 5. The molecule has 1 heterocycles. The van der Waals surface area contributed by atoms with Crippen molar-refractivity contribution in [2.24, 2.45) is 19.1 Å². The first-order chi connectivity index (χ1) is 11.8. The minimum absolute atomic E-state index is 0.0254. The molecule has 1 aromatic carbocycles. The van der Waals surface area contributed by atoms with Gasteiger partial charge in [0.05, 0.1) is 11.4 Å². The van der Waals surface area contributed by atoms with E-state index in [1.165, 1.54) is 14.1 Å². The normalized spacial score (nSPS) is 11.6. The fourth-order valence-corrected chi connectivity index (χ4v) is 2.73. The molecule has 7 nitrogen and oxygen atoms in total. The standard InChI is InChI=1S/C18H24N4O3/c1-6-22(7-2)14-10-8-13(9-11-14)19-12(3)15-16(23)20(4)18(25)21(5)17(15)24/h8-11,23H,6-7H2,1-5H3. The Morgan fingerprint density at radius 2 is 1.64 bits per heavy atom. The maximum absolute atomic E-state index is 12.3. The van der Waals surface area contributed by atoms with Crippen molar-refractivity contribution in [3.05, 3.63) is 50.7 Å². The lowest BCUT2D eigenvalue weighted by atomic mass is 10.2. The van der Waals surface area contributed by atoms with Gasteiger partial charge < -0.3 is 10.0 Å². The van der Waals surface area contributed by atoms with E-state index in [0.29, 0.717) is 11.4 Å². The van der Waals surface area contributed by atoms with Crippen LogP contribution in [0.3, 0.4) is 0 Å². The Labute approximate surface area is 146 Å². The largest absolute Gasteiger partial charge is 0.494 e. The van der Waals surface area contributed by atoms with Gasteiger partial charge in [-0.3, -0.25) is 18.9 Å². The van der Waals surface area contributed by atoms with E-state index in [-0.39, 0.29) is 11.4 Å². The van der Waals surface area contributed by atoms with Gasteiger partial charge in [0.15, 0.2) is 0 Å². The average molecular weight is 344 g/mol. The highest BCUT2D eigenvalue weighted by Gasteiger charge is 2.17. The van der Waals surface area contributed by atoms with Gasteiger partial charge in [-0.2, -0.15) is 0 Å². The van der Waals surface area contributed by atoms with Crippen LogP contribution in [0, 0.1) is 0 Å². The van der Waals surface area contributed by atoms with Gasteiger partial charge in [-0.15, -0.1) is 0 Å². The summed E-state index contributed by atoms with van der Waals surface area (Å²) in [4.78, 5) is 30.8. The topological polar surface area (TPSA) is 79.8 Å². The number of anilines is 1. The second-order valence-corrected chi connectivity index (χ2v) is 5.79. The molecule has 0 atom stereocenters. The van der Waals surface area contributed by atoms with E-state index >= 15 is 0 Å². The highest BCUT2D eigenvalue weighted by Crippen LogP contribution is 2.21. The fraction of sp³-hybridized carbons (Fsp3) is 0.389. The molecule has 0 aliphatic heterocycles. The number of aromatic hydroxyl groups is 1. The average Bonchev–Trinajstić information content (AvgIpc) is 2.61. The minimum atomic E-state index is -0.581. The van der Waals surface area contributed by atoms with E-state index in [9.17, 15) is 14.7 Å². The third-order valence-corrected chi connectivity index (χ3v) is 4.27. The molecular weight excluding hydrogens is 320 g/mol. The first-order valence-electron chi connectivity index (χ1n) is 8.21. The van der Waals surface area contributed by atoms with Crippen LogP contribution in [0.15, 0.2) is 38.8 Å². The molecule has 0 saturated heterocycles. The molecule has 0 bridgehead atoms. The Morgan fingerprint density at radius 3 is 2.16 bits per heavy atom. The molecule has 1 N–H and O–H groups in total. The molecule has 7 heteroatoms. The SMILES string of the molecule is CCN(CC)c1ccc(N=C(C)c2c(O)n(C)c(=O)n(C)c2=O)cc1. The van der Waals surface area contributed by atoms with Crippen LogP contribution < -0.4 is 16.1 Å². The maximum Gasteiger partial charge on any atom is 0.333 e. The van der Waals surface area contributed by atoms with E-state index in [1.807, 2.05) is 24.3 Å². The van der Waals surface area contributed by atoms with Crippen LogP contribution in [0.2, 0.25) is 0 Å². The van der Waals surface area contributed by atoms with E-state index in [2.05, 4.69) is 23.7 Å². The first-order valence-corrected chi connectivity index (χ1v) is 8.21. The number of nitrogens with zero attached hydrogens (tertiary/aromatic N) is 4. The smallest absolute Gasteiger partial charge is 0.333 e. The zero-order chi connectivity index (χ0) is 18.7. The third-order valence-electron chi connectivity index (χ3n) is 4.27. The van der Waals surface area contributed by atoms with Crippen molar-refractivity contribution in [2.45, 2.75) is 20.8 Å². The van der Waals surface area contributed by atoms with E-state index in [0.717, 1.165) is 27.9 Å². The molecule has 2 rings (SSSR count). The lowest BCUT2D eigenvalue weighted by Gasteiger charge is -2.20. The first kappa shape index (κ1) is 18.5. The predicted octanol–water partition coefficient (Wildman–Crippen LogP) is 1.78. The van der Waals surface area contributed by atoms with Crippen LogP contribution in [0.4, 0.5) is 11.4 Å². The molecule has 0 fully saturated rings. The summed E-state index contributed by atoms with van der Waals surface area (Å²) in [5, 5.41) is 10.2. The Kier molecular flexibility index (Phi) is 5.46. The maximum atomic E-state index is 12.3. The van der Waals surface area contributed by atoms with Crippen LogP contribution in [-0.4, -0.2) is 33.0 Å². The molecule has 25 heavy (non-hydrogen) atoms. The molecule has 134 valence electrons. The van der Waals surface area contributed by atoms with Gasteiger partial charge in [-0.05, 0) is 45.0 Å².